The topological polar surface area (TPSA) is 61.8 Å². The highest BCUT2D eigenvalue weighted by atomic mass is 19.1. The Morgan fingerprint density at radius 1 is 1.04 bits per heavy atom. The summed E-state index contributed by atoms with van der Waals surface area (Å²) in [5, 5.41) is 0. The molecule has 0 bridgehead atoms. The van der Waals surface area contributed by atoms with Gasteiger partial charge in [0.15, 0.2) is 11.6 Å². The monoisotopic (exact) mass is 368 g/mol. The van der Waals surface area contributed by atoms with Gasteiger partial charge in [-0.15, -0.1) is 0 Å². The Kier molecular flexibility index (Phi) is 6.66. The minimum Gasteiger partial charge on any atom is -0.459 e. The van der Waals surface area contributed by atoms with Crippen molar-refractivity contribution in [3.8, 4) is 22.6 Å². The second kappa shape index (κ2) is 9.15. The van der Waals surface area contributed by atoms with Crippen LogP contribution in [0.15, 0.2) is 79.8 Å². The third kappa shape index (κ3) is 5.67. The molecule has 0 radical (unpaired) electrons. The molecule has 0 spiro atoms. The largest absolute Gasteiger partial charge is 0.459 e. The van der Waals surface area contributed by atoms with E-state index in [9.17, 15) is 14.0 Å². The molecule has 0 aliphatic rings. The first-order chi connectivity index (χ1) is 12.9. The van der Waals surface area contributed by atoms with Gasteiger partial charge < -0.3 is 14.2 Å². The Hall–Kier alpha value is -3.67. The van der Waals surface area contributed by atoms with E-state index in [2.05, 4.69) is 17.9 Å². The maximum Gasteiger partial charge on any atom is 0.338 e. The van der Waals surface area contributed by atoms with E-state index < -0.39 is 17.8 Å². The van der Waals surface area contributed by atoms with Crippen LogP contribution >= 0.6 is 0 Å². The van der Waals surface area contributed by atoms with Crippen LogP contribution in [0.25, 0.3) is 11.1 Å². The van der Waals surface area contributed by atoms with Gasteiger partial charge in [-0.3, -0.25) is 0 Å². The molecule has 5 nitrogen and oxygen atoms in total. The van der Waals surface area contributed by atoms with Crippen LogP contribution in [0.2, 0.25) is 0 Å². The van der Waals surface area contributed by atoms with Crippen LogP contribution in [-0.4, -0.2) is 11.9 Å². The SMILES string of the molecule is C=CC(=O)O/C=C\Oc1ccc(-c2ccc(OC(=O)C(=C)C)cc2)cc1F. The summed E-state index contributed by atoms with van der Waals surface area (Å²) in [7, 11) is 0. The Bertz CT molecular complexity index is 897. The van der Waals surface area contributed by atoms with E-state index >= 15 is 0 Å². The van der Waals surface area contributed by atoms with Crippen molar-refractivity contribution in [2.75, 3.05) is 0 Å². The predicted molar refractivity (Wildman–Crippen MR) is 98.3 cm³/mol. The molecule has 2 aromatic rings. The highest BCUT2D eigenvalue weighted by molar-refractivity contribution is 5.88. The van der Waals surface area contributed by atoms with Crippen molar-refractivity contribution >= 4 is 11.9 Å². The van der Waals surface area contributed by atoms with Crippen LogP contribution < -0.4 is 9.47 Å². The van der Waals surface area contributed by atoms with Crippen molar-refractivity contribution in [1.82, 2.24) is 0 Å². The predicted octanol–water partition coefficient (Wildman–Crippen LogP) is 4.55. The first-order valence-corrected chi connectivity index (χ1v) is 7.83. The van der Waals surface area contributed by atoms with E-state index in [0.717, 1.165) is 24.2 Å². The maximum absolute atomic E-state index is 14.2. The highest BCUT2D eigenvalue weighted by Crippen LogP contribution is 2.27. The van der Waals surface area contributed by atoms with Crippen LogP contribution in [0.1, 0.15) is 6.92 Å². The molecule has 0 heterocycles. The molecule has 138 valence electrons. The van der Waals surface area contributed by atoms with Crippen molar-refractivity contribution in [1.29, 1.82) is 0 Å². The van der Waals surface area contributed by atoms with Crippen LogP contribution in [0, 0.1) is 5.82 Å². The Morgan fingerprint density at radius 2 is 1.70 bits per heavy atom. The standard InChI is InChI=1S/C21H17FO5/c1-4-20(23)26-12-11-25-19-10-7-16(13-18(19)22)15-5-8-17(9-6-15)27-21(24)14(2)3/h4-13H,1-2H2,3H3/b12-11-. The zero-order valence-electron chi connectivity index (χ0n) is 14.6. The molecule has 0 amide bonds. The van der Waals surface area contributed by atoms with Gasteiger partial charge in [0.1, 0.15) is 18.3 Å². The van der Waals surface area contributed by atoms with E-state index in [1.807, 2.05) is 0 Å². The number of hydrogen-bond donors (Lipinski definition) is 0. The summed E-state index contributed by atoms with van der Waals surface area (Å²) in [4.78, 5) is 22.3. The molecule has 0 aliphatic heterocycles. The van der Waals surface area contributed by atoms with Crippen molar-refractivity contribution < 1.29 is 28.2 Å². The summed E-state index contributed by atoms with van der Waals surface area (Å²) < 4.78 is 28.9. The van der Waals surface area contributed by atoms with E-state index in [4.69, 9.17) is 9.47 Å². The van der Waals surface area contributed by atoms with Gasteiger partial charge in [-0.05, 0) is 42.3 Å². The van der Waals surface area contributed by atoms with Crippen molar-refractivity contribution in [3.63, 3.8) is 0 Å². The fourth-order valence-electron chi connectivity index (χ4n) is 1.93. The molecule has 0 saturated heterocycles. The van der Waals surface area contributed by atoms with Gasteiger partial charge >= 0.3 is 11.9 Å². The molecule has 0 N–H and O–H groups in total. The average molecular weight is 368 g/mol. The molecular weight excluding hydrogens is 351 g/mol. The molecule has 2 aromatic carbocycles. The normalized spacial score (nSPS) is 10.3. The van der Waals surface area contributed by atoms with Crippen LogP contribution in [-0.2, 0) is 14.3 Å². The number of rotatable bonds is 7. The molecular formula is C21H17FO5. The molecule has 2 rings (SSSR count). The average Bonchev–Trinajstić information content (AvgIpc) is 2.66. The number of esters is 2. The zero-order valence-corrected chi connectivity index (χ0v) is 14.6. The Labute approximate surface area is 156 Å². The fraction of sp³-hybridized carbons (Fsp3) is 0.0476. The zero-order chi connectivity index (χ0) is 19.8. The van der Waals surface area contributed by atoms with Crippen LogP contribution in [0.5, 0.6) is 11.5 Å². The summed E-state index contributed by atoms with van der Waals surface area (Å²) >= 11 is 0. The molecule has 0 atom stereocenters. The van der Waals surface area contributed by atoms with Gasteiger partial charge in [-0.25, -0.2) is 14.0 Å². The first kappa shape index (κ1) is 19.7. The quantitative estimate of drug-likeness (QED) is 0.310. The van der Waals surface area contributed by atoms with Gasteiger partial charge in [0, 0.05) is 11.6 Å². The second-order valence-corrected chi connectivity index (χ2v) is 5.37. The lowest BCUT2D eigenvalue weighted by Crippen LogP contribution is -2.07. The number of carbonyl (C=O) groups is 2. The summed E-state index contributed by atoms with van der Waals surface area (Å²) in [5.74, 6) is -1.42. The third-order valence-corrected chi connectivity index (χ3v) is 3.28. The Morgan fingerprint density at radius 3 is 2.30 bits per heavy atom. The molecule has 0 aliphatic carbocycles. The van der Waals surface area contributed by atoms with Crippen molar-refractivity contribution in [2.45, 2.75) is 6.92 Å². The van der Waals surface area contributed by atoms with E-state index in [0.29, 0.717) is 16.9 Å². The van der Waals surface area contributed by atoms with Gasteiger partial charge in [0.25, 0.3) is 0 Å². The first-order valence-electron chi connectivity index (χ1n) is 7.83. The van der Waals surface area contributed by atoms with Gasteiger partial charge in [0.2, 0.25) is 0 Å². The Balaban J connectivity index is 2.06. The molecule has 27 heavy (non-hydrogen) atoms. The summed E-state index contributed by atoms with van der Waals surface area (Å²) in [6.07, 6.45) is 3.02. The fourth-order valence-corrected chi connectivity index (χ4v) is 1.93. The number of carbonyl (C=O) groups excluding carboxylic acids is 2. The minimum absolute atomic E-state index is 0.0309. The number of halogens is 1. The van der Waals surface area contributed by atoms with Crippen LogP contribution in [0.4, 0.5) is 4.39 Å². The third-order valence-electron chi connectivity index (χ3n) is 3.28. The summed E-state index contributed by atoms with van der Waals surface area (Å²) in [6, 6.07) is 11.0. The van der Waals surface area contributed by atoms with Gasteiger partial charge in [-0.1, -0.05) is 31.4 Å². The maximum atomic E-state index is 14.2. The number of benzene rings is 2. The summed E-state index contributed by atoms with van der Waals surface area (Å²) in [5.41, 5.74) is 1.63. The van der Waals surface area contributed by atoms with Gasteiger partial charge in [-0.2, -0.15) is 0 Å². The molecule has 6 heteroatoms. The lowest BCUT2D eigenvalue weighted by Gasteiger charge is -2.07. The lowest BCUT2D eigenvalue weighted by molar-refractivity contribution is -0.132. The second-order valence-electron chi connectivity index (χ2n) is 5.37. The molecule has 0 saturated carbocycles. The smallest absolute Gasteiger partial charge is 0.338 e. The lowest BCUT2D eigenvalue weighted by atomic mass is 10.1. The number of hydrogen-bond acceptors (Lipinski definition) is 5. The van der Waals surface area contributed by atoms with Crippen molar-refractivity contribution in [2.24, 2.45) is 0 Å². The molecule has 0 fully saturated rings. The minimum atomic E-state index is -0.650. The van der Waals surface area contributed by atoms with E-state index in [1.54, 1.807) is 37.3 Å². The summed E-state index contributed by atoms with van der Waals surface area (Å²) in [6.45, 7) is 8.31. The molecule has 0 unspecified atom stereocenters. The highest BCUT2D eigenvalue weighted by Gasteiger charge is 2.08. The van der Waals surface area contributed by atoms with Crippen LogP contribution in [0.3, 0.4) is 0 Å². The van der Waals surface area contributed by atoms with E-state index in [-0.39, 0.29) is 5.75 Å². The van der Waals surface area contributed by atoms with Gasteiger partial charge in [0.05, 0.1) is 0 Å². The van der Waals surface area contributed by atoms with E-state index in [1.165, 1.54) is 12.1 Å². The number of ether oxygens (including phenoxy) is 3. The van der Waals surface area contributed by atoms with Crippen molar-refractivity contribution in [3.05, 3.63) is 85.6 Å². The molecule has 0 aromatic heterocycles.